The Labute approximate surface area is 202 Å². The Hall–Kier alpha value is -2.36. The van der Waals surface area contributed by atoms with Gasteiger partial charge in [0, 0.05) is 12.1 Å². The number of aliphatic imine (C=N–C) groups is 1. The normalized spacial score (nSPS) is 11.7. The number of guanidine groups is 1. The number of halogens is 1. The summed E-state index contributed by atoms with van der Waals surface area (Å²) in [7, 11) is 4.80. The van der Waals surface area contributed by atoms with E-state index in [2.05, 4.69) is 15.6 Å². The number of benzene rings is 2. The lowest BCUT2D eigenvalue weighted by Crippen LogP contribution is -2.41. The quantitative estimate of drug-likeness (QED) is 0.267. The summed E-state index contributed by atoms with van der Waals surface area (Å²) in [4.78, 5) is 4.68. The summed E-state index contributed by atoms with van der Waals surface area (Å²) in [6.45, 7) is 7.89. The van der Waals surface area contributed by atoms with Gasteiger partial charge in [-0.15, -0.1) is 24.0 Å². The molecule has 0 amide bonds. The van der Waals surface area contributed by atoms with Gasteiger partial charge in [0.25, 0.3) is 0 Å². The van der Waals surface area contributed by atoms with Gasteiger partial charge in [0.1, 0.15) is 11.9 Å². The van der Waals surface area contributed by atoms with Crippen molar-refractivity contribution < 1.29 is 18.9 Å². The molecule has 1 atom stereocenters. The predicted octanol–water partition coefficient (Wildman–Crippen LogP) is 4.16. The molecule has 2 aromatic rings. The first-order valence-electron chi connectivity index (χ1n) is 10.1. The molecule has 0 fully saturated rings. The van der Waals surface area contributed by atoms with Crippen LogP contribution in [0, 0.1) is 6.92 Å². The van der Waals surface area contributed by atoms with Crippen LogP contribution in [0.15, 0.2) is 41.4 Å². The van der Waals surface area contributed by atoms with Crippen LogP contribution in [-0.2, 0) is 6.54 Å². The summed E-state index contributed by atoms with van der Waals surface area (Å²) in [5.74, 6) is 3.36. The summed E-state index contributed by atoms with van der Waals surface area (Å²) < 4.78 is 22.3. The maximum absolute atomic E-state index is 5.98. The van der Waals surface area contributed by atoms with E-state index < -0.39 is 0 Å². The van der Waals surface area contributed by atoms with Gasteiger partial charge in [0.2, 0.25) is 5.75 Å². The average Bonchev–Trinajstić information content (AvgIpc) is 2.74. The molecular formula is C23H34IN3O4. The highest BCUT2D eigenvalue weighted by Crippen LogP contribution is 2.39. The molecule has 0 bridgehead atoms. The molecule has 0 aliphatic carbocycles. The molecule has 2 aromatic carbocycles. The van der Waals surface area contributed by atoms with Gasteiger partial charge in [-0.1, -0.05) is 12.1 Å². The maximum atomic E-state index is 5.98. The fraction of sp³-hybridized carbons (Fsp3) is 0.435. The molecule has 0 saturated carbocycles. The molecule has 0 spiro atoms. The molecule has 2 rings (SSSR count). The molecular weight excluding hydrogens is 509 g/mol. The third kappa shape index (κ3) is 8.01. The molecule has 172 valence electrons. The van der Waals surface area contributed by atoms with E-state index >= 15 is 0 Å². The molecule has 2 N–H and O–H groups in total. The average molecular weight is 543 g/mol. The zero-order valence-electron chi connectivity index (χ0n) is 19.2. The number of nitrogens with zero attached hydrogens (tertiary/aromatic N) is 1. The van der Waals surface area contributed by atoms with E-state index in [-0.39, 0.29) is 30.1 Å². The van der Waals surface area contributed by atoms with Crippen LogP contribution in [0.3, 0.4) is 0 Å². The molecule has 0 heterocycles. The Balaban J connectivity index is 0.00000480. The SMILES string of the molecule is CCNC(=NCc1ccc(OC)c(OC)c1OC)NCC(C)Oc1cccc(C)c1.I. The zero-order chi connectivity index (χ0) is 21.9. The summed E-state index contributed by atoms with van der Waals surface area (Å²) in [5, 5.41) is 6.59. The van der Waals surface area contributed by atoms with Crippen LogP contribution in [0.2, 0.25) is 0 Å². The highest BCUT2D eigenvalue weighted by atomic mass is 127. The standard InChI is InChI=1S/C23H33N3O4.HI/c1-7-24-23(25-14-17(3)30-19-10-8-9-16(2)13-19)26-15-18-11-12-20(27-4)22(29-6)21(18)28-5;/h8-13,17H,7,14-15H2,1-6H3,(H2,24,25,26);1H. The van der Waals surface area contributed by atoms with E-state index in [9.17, 15) is 0 Å². The number of hydrogen-bond donors (Lipinski definition) is 2. The van der Waals surface area contributed by atoms with Crippen molar-refractivity contribution in [3.63, 3.8) is 0 Å². The smallest absolute Gasteiger partial charge is 0.203 e. The Bertz CT molecular complexity index is 846. The zero-order valence-corrected chi connectivity index (χ0v) is 21.5. The number of methoxy groups -OCH3 is 3. The maximum Gasteiger partial charge on any atom is 0.203 e. The van der Waals surface area contributed by atoms with E-state index in [4.69, 9.17) is 18.9 Å². The monoisotopic (exact) mass is 543 g/mol. The third-order valence-corrected chi connectivity index (χ3v) is 4.42. The Morgan fingerprint density at radius 3 is 2.35 bits per heavy atom. The predicted molar refractivity (Wildman–Crippen MR) is 136 cm³/mol. The van der Waals surface area contributed by atoms with Crippen molar-refractivity contribution in [2.75, 3.05) is 34.4 Å². The van der Waals surface area contributed by atoms with Crippen LogP contribution in [-0.4, -0.2) is 46.5 Å². The van der Waals surface area contributed by atoms with Crippen molar-refractivity contribution in [3.05, 3.63) is 47.5 Å². The molecule has 8 heteroatoms. The molecule has 0 radical (unpaired) electrons. The Morgan fingerprint density at radius 2 is 1.74 bits per heavy atom. The van der Waals surface area contributed by atoms with Gasteiger partial charge >= 0.3 is 0 Å². The molecule has 7 nitrogen and oxygen atoms in total. The van der Waals surface area contributed by atoms with E-state index in [0.717, 1.165) is 17.9 Å². The van der Waals surface area contributed by atoms with E-state index in [0.29, 0.717) is 36.3 Å². The van der Waals surface area contributed by atoms with Crippen LogP contribution >= 0.6 is 24.0 Å². The second-order valence-electron chi connectivity index (χ2n) is 6.81. The van der Waals surface area contributed by atoms with Crippen LogP contribution in [0.1, 0.15) is 25.0 Å². The van der Waals surface area contributed by atoms with E-state index in [1.807, 2.05) is 57.2 Å². The minimum atomic E-state index is -0.0220. The van der Waals surface area contributed by atoms with Crippen molar-refractivity contribution >= 4 is 29.9 Å². The number of ether oxygens (including phenoxy) is 4. The Kier molecular flexibility index (Phi) is 11.9. The lowest BCUT2D eigenvalue weighted by atomic mass is 10.1. The third-order valence-electron chi connectivity index (χ3n) is 4.42. The van der Waals surface area contributed by atoms with Gasteiger partial charge in [-0.3, -0.25) is 0 Å². The van der Waals surface area contributed by atoms with Crippen LogP contribution in [0.25, 0.3) is 0 Å². The largest absolute Gasteiger partial charge is 0.493 e. The minimum absolute atomic E-state index is 0. The van der Waals surface area contributed by atoms with Gasteiger partial charge in [-0.2, -0.15) is 0 Å². The van der Waals surface area contributed by atoms with Gasteiger partial charge in [0.15, 0.2) is 17.5 Å². The van der Waals surface area contributed by atoms with Gasteiger partial charge < -0.3 is 29.6 Å². The van der Waals surface area contributed by atoms with E-state index in [1.165, 1.54) is 5.56 Å². The molecule has 1 unspecified atom stereocenters. The number of aryl methyl sites for hydroxylation is 1. The first-order chi connectivity index (χ1) is 14.5. The highest BCUT2D eigenvalue weighted by molar-refractivity contribution is 14.0. The van der Waals surface area contributed by atoms with Crippen molar-refractivity contribution in [3.8, 4) is 23.0 Å². The minimum Gasteiger partial charge on any atom is -0.493 e. The highest BCUT2D eigenvalue weighted by Gasteiger charge is 2.15. The molecule has 0 aromatic heterocycles. The van der Waals surface area contributed by atoms with Crippen molar-refractivity contribution in [1.82, 2.24) is 10.6 Å². The first kappa shape index (κ1) is 26.7. The number of hydrogen-bond acceptors (Lipinski definition) is 5. The lowest BCUT2D eigenvalue weighted by Gasteiger charge is -2.18. The van der Waals surface area contributed by atoms with Gasteiger partial charge in [-0.25, -0.2) is 4.99 Å². The van der Waals surface area contributed by atoms with Gasteiger partial charge in [0.05, 0.1) is 34.4 Å². The number of rotatable bonds is 10. The van der Waals surface area contributed by atoms with Gasteiger partial charge in [-0.05, 0) is 50.6 Å². The lowest BCUT2D eigenvalue weighted by molar-refractivity contribution is 0.223. The van der Waals surface area contributed by atoms with Crippen molar-refractivity contribution in [1.29, 1.82) is 0 Å². The fourth-order valence-electron chi connectivity index (χ4n) is 3.00. The van der Waals surface area contributed by atoms with Crippen molar-refractivity contribution in [2.24, 2.45) is 4.99 Å². The molecule has 31 heavy (non-hydrogen) atoms. The molecule has 0 saturated heterocycles. The number of nitrogens with one attached hydrogen (secondary N) is 2. The Morgan fingerprint density at radius 1 is 1.00 bits per heavy atom. The molecule has 0 aliphatic heterocycles. The summed E-state index contributed by atoms with van der Waals surface area (Å²) >= 11 is 0. The van der Waals surface area contributed by atoms with Crippen LogP contribution in [0.5, 0.6) is 23.0 Å². The first-order valence-corrected chi connectivity index (χ1v) is 10.1. The summed E-state index contributed by atoms with van der Waals surface area (Å²) in [5.41, 5.74) is 2.07. The van der Waals surface area contributed by atoms with Crippen molar-refractivity contribution in [2.45, 2.75) is 33.4 Å². The van der Waals surface area contributed by atoms with E-state index in [1.54, 1.807) is 21.3 Å². The topological polar surface area (TPSA) is 73.3 Å². The second kappa shape index (κ2) is 13.8. The van der Waals surface area contributed by atoms with Crippen LogP contribution in [0.4, 0.5) is 0 Å². The molecule has 0 aliphatic rings. The fourth-order valence-corrected chi connectivity index (χ4v) is 3.00. The summed E-state index contributed by atoms with van der Waals surface area (Å²) in [6, 6.07) is 11.8. The summed E-state index contributed by atoms with van der Waals surface area (Å²) in [6.07, 6.45) is -0.0220. The van der Waals surface area contributed by atoms with Crippen LogP contribution < -0.4 is 29.6 Å². The second-order valence-corrected chi connectivity index (χ2v) is 6.81.